The largest absolute Gasteiger partial charge is 0.489 e. The Morgan fingerprint density at radius 2 is 1.42 bits per heavy atom. The van der Waals surface area contributed by atoms with E-state index in [1.807, 2.05) is 75.2 Å². The lowest BCUT2D eigenvalue weighted by molar-refractivity contribution is -0.0577. The Labute approximate surface area is 283 Å². The highest BCUT2D eigenvalue weighted by molar-refractivity contribution is 6.03. The number of amides is 1. The molecule has 0 saturated carbocycles. The molecule has 9 heteroatoms. The third kappa shape index (κ3) is 6.21. The van der Waals surface area contributed by atoms with Crippen LogP contribution in [0.15, 0.2) is 60.8 Å². The maximum Gasteiger partial charge on any atom is 0.260 e. The van der Waals surface area contributed by atoms with Crippen molar-refractivity contribution in [2.75, 3.05) is 31.7 Å². The molecule has 3 aromatic carbocycles. The summed E-state index contributed by atoms with van der Waals surface area (Å²) >= 11 is 0. The molecule has 0 bridgehead atoms. The molecule has 2 aliphatic rings. The Bertz CT molecular complexity index is 1910. The number of anilines is 1. The standard InChI is InChI=1S/C39H48N4O5/c1-36(2,21-44)37(3,4)22-47-34-18-31-27(17-33(34)48-23-38(5,6)39(7,8)46)35(45)43-20-25(15-26(43)19-40-31)24-13-14-30-32(16-24)42-29-12-10-9-11-28(29)41-30/h9-14,16-18,20,26,40,44,46H,15,19,21-23H2,1-8H3. The lowest BCUT2D eigenvalue weighted by atomic mass is 9.69. The van der Waals surface area contributed by atoms with Crippen LogP contribution in [0.5, 0.6) is 11.5 Å². The Hall–Kier alpha value is -4.21. The minimum absolute atomic E-state index is 0.0168. The SMILES string of the molecule is CC(C)(O)C(C)(C)COc1cc2c(cc1OCC(C)(C)C(C)(C)CO)NCC1CC(c3ccc4nc5ccccc5nc4c3)=CN1C2=O. The van der Waals surface area contributed by atoms with Crippen LogP contribution in [0.1, 0.15) is 77.7 Å². The van der Waals surface area contributed by atoms with Crippen molar-refractivity contribution in [3.63, 3.8) is 0 Å². The normalized spacial score (nSPS) is 17.1. The summed E-state index contributed by atoms with van der Waals surface area (Å²) in [5, 5.41) is 24.4. The lowest BCUT2D eigenvalue weighted by Gasteiger charge is -2.40. The summed E-state index contributed by atoms with van der Waals surface area (Å²) in [4.78, 5) is 25.6. The van der Waals surface area contributed by atoms with Crippen LogP contribution in [0.25, 0.3) is 27.6 Å². The molecule has 2 aliphatic heterocycles. The highest BCUT2D eigenvalue weighted by Crippen LogP contribution is 2.43. The van der Waals surface area contributed by atoms with Gasteiger partial charge in [-0.15, -0.1) is 0 Å². The molecule has 1 atom stereocenters. The number of benzene rings is 3. The van der Waals surface area contributed by atoms with Crippen molar-refractivity contribution >= 4 is 39.2 Å². The van der Waals surface area contributed by atoms with Gasteiger partial charge in [0.2, 0.25) is 0 Å². The Morgan fingerprint density at radius 1 is 0.812 bits per heavy atom. The molecule has 0 fully saturated rings. The quantitative estimate of drug-likeness (QED) is 0.156. The molecule has 0 radical (unpaired) electrons. The van der Waals surface area contributed by atoms with E-state index >= 15 is 0 Å². The van der Waals surface area contributed by atoms with Gasteiger partial charge in [0.05, 0.1) is 58.2 Å². The first-order valence-electron chi connectivity index (χ1n) is 16.7. The predicted octanol–water partition coefficient (Wildman–Crippen LogP) is 7.06. The fourth-order valence-electron chi connectivity index (χ4n) is 5.66. The maximum atomic E-state index is 14.2. The van der Waals surface area contributed by atoms with Crippen LogP contribution in [0.4, 0.5) is 5.69 Å². The van der Waals surface area contributed by atoms with Gasteiger partial charge >= 0.3 is 0 Å². The summed E-state index contributed by atoms with van der Waals surface area (Å²) in [6, 6.07) is 17.5. The highest BCUT2D eigenvalue weighted by Gasteiger charge is 2.40. The number of aliphatic hydroxyl groups excluding tert-OH is 1. The van der Waals surface area contributed by atoms with Gasteiger partial charge in [-0.3, -0.25) is 4.79 Å². The molecule has 0 saturated heterocycles. The van der Waals surface area contributed by atoms with Gasteiger partial charge in [0.1, 0.15) is 0 Å². The number of aliphatic hydroxyl groups is 2. The molecular formula is C39H48N4O5. The zero-order valence-electron chi connectivity index (χ0n) is 29.3. The summed E-state index contributed by atoms with van der Waals surface area (Å²) in [5.41, 5.74) is 4.25. The molecule has 6 rings (SSSR count). The third-order valence-corrected chi connectivity index (χ3v) is 11.0. The van der Waals surface area contributed by atoms with Crippen molar-refractivity contribution < 1.29 is 24.5 Å². The van der Waals surface area contributed by atoms with Crippen molar-refractivity contribution in [3.05, 3.63) is 71.9 Å². The van der Waals surface area contributed by atoms with Gasteiger partial charge in [-0.05, 0) is 67.2 Å². The molecule has 0 spiro atoms. The van der Waals surface area contributed by atoms with E-state index in [1.165, 1.54) is 0 Å². The minimum atomic E-state index is -1.00. The summed E-state index contributed by atoms with van der Waals surface area (Å²) in [6.45, 7) is 16.7. The number of hydrogen-bond acceptors (Lipinski definition) is 8. The van der Waals surface area contributed by atoms with E-state index in [4.69, 9.17) is 19.4 Å². The molecule has 3 heterocycles. The zero-order chi connectivity index (χ0) is 34.6. The van der Waals surface area contributed by atoms with Crippen LogP contribution in [-0.4, -0.2) is 69.0 Å². The van der Waals surface area contributed by atoms with Gasteiger partial charge in [0, 0.05) is 36.2 Å². The van der Waals surface area contributed by atoms with Crippen LogP contribution in [0.3, 0.4) is 0 Å². The Morgan fingerprint density at radius 3 is 2.06 bits per heavy atom. The molecule has 0 aliphatic carbocycles. The molecule has 48 heavy (non-hydrogen) atoms. The number of aromatic nitrogens is 2. The monoisotopic (exact) mass is 652 g/mol. The van der Waals surface area contributed by atoms with Gasteiger partial charge in [-0.1, -0.05) is 59.7 Å². The smallest absolute Gasteiger partial charge is 0.260 e. The Balaban J connectivity index is 1.32. The van der Waals surface area contributed by atoms with E-state index < -0.39 is 16.4 Å². The number of rotatable bonds is 10. The summed E-state index contributed by atoms with van der Waals surface area (Å²) < 4.78 is 12.8. The number of hydrogen-bond donors (Lipinski definition) is 3. The van der Waals surface area contributed by atoms with Crippen LogP contribution in [0.2, 0.25) is 0 Å². The lowest BCUT2D eigenvalue weighted by Crippen LogP contribution is -2.43. The van der Waals surface area contributed by atoms with Crippen molar-refractivity contribution in [1.29, 1.82) is 0 Å². The van der Waals surface area contributed by atoms with Crippen LogP contribution in [0, 0.1) is 16.2 Å². The van der Waals surface area contributed by atoms with Crippen LogP contribution < -0.4 is 14.8 Å². The molecule has 1 unspecified atom stereocenters. The van der Waals surface area contributed by atoms with E-state index in [2.05, 4.69) is 31.3 Å². The molecule has 9 nitrogen and oxygen atoms in total. The van der Waals surface area contributed by atoms with E-state index in [9.17, 15) is 15.0 Å². The van der Waals surface area contributed by atoms with E-state index in [0.717, 1.165) is 33.2 Å². The second-order valence-electron chi connectivity index (χ2n) is 15.8. The minimum Gasteiger partial charge on any atom is -0.489 e. The van der Waals surface area contributed by atoms with E-state index in [0.29, 0.717) is 42.3 Å². The average molecular weight is 653 g/mol. The van der Waals surface area contributed by atoms with Gasteiger partial charge in [0.15, 0.2) is 11.5 Å². The van der Waals surface area contributed by atoms with Crippen molar-refractivity contribution in [3.8, 4) is 11.5 Å². The number of nitrogens with one attached hydrogen (secondary N) is 1. The van der Waals surface area contributed by atoms with Crippen LogP contribution >= 0.6 is 0 Å². The third-order valence-electron chi connectivity index (χ3n) is 11.0. The van der Waals surface area contributed by atoms with Crippen LogP contribution in [-0.2, 0) is 0 Å². The number of carbonyl (C=O) groups excluding carboxylic acids is 1. The topological polar surface area (TPSA) is 117 Å². The number of carbonyl (C=O) groups is 1. The van der Waals surface area contributed by atoms with Crippen molar-refractivity contribution in [2.24, 2.45) is 16.2 Å². The van der Waals surface area contributed by atoms with E-state index in [1.54, 1.807) is 19.9 Å². The molecular weight excluding hydrogens is 604 g/mol. The first-order valence-corrected chi connectivity index (χ1v) is 16.7. The summed E-state index contributed by atoms with van der Waals surface area (Å²) in [7, 11) is 0. The first-order chi connectivity index (χ1) is 22.5. The fourth-order valence-corrected chi connectivity index (χ4v) is 5.66. The predicted molar refractivity (Wildman–Crippen MR) is 190 cm³/mol. The average Bonchev–Trinajstić information content (AvgIpc) is 3.42. The Kier molecular flexibility index (Phi) is 8.45. The number of fused-ring (bicyclic) bond motifs is 4. The van der Waals surface area contributed by atoms with Gasteiger partial charge in [-0.25, -0.2) is 9.97 Å². The molecule has 254 valence electrons. The summed E-state index contributed by atoms with van der Waals surface area (Å²) in [5.74, 6) is 0.813. The van der Waals surface area contributed by atoms with Gasteiger partial charge in [-0.2, -0.15) is 0 Å². The number of nitrogens with zero attached hydrogens (tertiary/aromatic N) is 3. The van der Waals surface area contributed by atoms with Gasteiger partial charge < -0.3 is 29.9 Å². The second kappa shape index (κ2) is 12.0. The number of para-hydroxylation sites is 2. The molecule has 4 aromatic rings. The molecule has 1 amide bonds. The van der Waals surface area contributed by atoms with Crippen molar-refractivity contribution in [2.45, 2.75) is 73.5 Å². The van der Waals surface area contributed by atoms with Crippen molar-refractivity contribution in [1.82, 2.24) is 14.9 Å². The molecule has 1 aromatic heterocycles. The maximum absolute atomic E-state index is 14.2. The second-order valence-corrected chi connectivity index (χ2v) is 15.8. The van der Waals surface area contributed by atoms with E-state index in [-0.39, 0.29) is 30.6 Å². The fraction of sp³-hybridized carbons (Fsp3) is 0.462. The van der Waals surface area contributed by atoms with Gasteiger partial charge in [0.25, 0.3) is 5.91 Å². The molecule has 3 N–H and O–H groups in total. The number of ether oxygens (including phenoxy) is 2. The highest BCUT2D eigenvalue weighted by atomic mass is 16.5. The summed E-state index contributed by atoms with van der Waals surface area (Å²) in [6.07, 6.45) is 2.65. The zero-order valence-corrected chi connectivity index (χ0v) is 29.3. The first kappa shape index (κ1) is 33.7.